The molecule has 0 aliphatic carbocycles. The molecule has 9 heteroatoms. The van der Waals surface area contributed by atoms with Crippen molar-refractivity contribution in [1.82, 2.24) is 24.3 Å². The number of amides is 3. The number of carbonyl (C=O) groups excluding carboxylic acids is 3. The number of piperidine rings is 1. The Bertz CT molecular complexity index is 1290. The zero-order valence-corrected chi connectivity index (χ0v) is 16.7. The first-order chi connectivity index (χ1) is 14.9. The molecule has 1 N–H and O–H groups in total. The summed E-state index contributed by atoms with van der Waals surface area (Å²) in [6, 6.07) is 8.17. The second kappa shape index (κ2) is 7.05. The summed E-state index contributed by atoms with van der Waals surface area (Å²) >= 11 is 0. The second-order valence-electron chi connectivity index (χ2n) is 7.72. The zero-order chi connectivity index (χ0) is 21.7. The summed E-state index contributed by atoms with van der Waals surface area (Å²) < 4.78 is 3.00. The summed E-state index contributed by atoms with van der Waals surface area (Å²) in [7, 11) is 0. The van der Waals surface area contributed by atoms with Crippen LogP contribution in [-0.4, -0.2) is 42.8 Å². The van der Waals surface area contributed by atoms with Crippen LogP contribution >= 0.6 is 0 Å². The van der Waals surface area contributed by atoms with Crippen molar-refractivity contribution in [2.75, 3.05) is 0 Å². The van der Waals surface area contributed by atoms with E-state index in [0.717, 1.165) is 11.3 Å². The van der Waals surface area contributed by atoms with E-state index in [1.54, 1.807) is 36.8 Å². The molecule has 9 nitrogen and oxygen atoms in total. The molecule has 0 bridgehead atoms. The Morgan fingerprint density at radius 3 is 2.45 bits per heavy atom. The van der Waals surface area contributed by atoms with Crippen LogP contribution < -0.4 is 11.0 Å². The Balaban J connectivity index is 1.45. The Kier molecular flexibility index (Phi) is 4.32. The number of benzene rings is 1. The van der Waals surface area contributed by atoms with Gasteiger partial charge in [-0.05, 0) is 49.2 Å². The van der Waals surface area contributed by atoms with Gasteiger partial charge in [-0.25, -0.2) is 4.79 Å². The summed E-state index contributed by atoms with van der Waals surface area (Å²) in [6.07, 6.45) is 5.49. The van der Waals surface area contributed by atoms with E-state index in [0.29, 0.717) is 23.4 Å². The third kappa shape index (κ3) is 3.14. The number of imide groups is 1. The van der Waals surface area contributed by atoms with Gasteiger partial charge in [-0.1, -0.05) is 0 Å². The molecule has 1 fully saturated rings. The molecule has 4 heterocycles. The number of nitrogens with zero attached hydrogens (tertiary/aromatic N) is 4. The largest absolute Gasteiger partial charge is 0.337 e. The molecule has 0 spiro atoms. The minimum atomic E-state index is -0.668. The molecular formula is C22H19N5O4. The monoisotopic (exact) mass is 417 g/mol. The third-order valence-electron chi connectivity index (χ3n) is 5.74. The van der Waals surface area contributed by atoms with Gasteiger partial charge in [0.15, 0.2) is 0 Å². The smallest absolute Gasteiger partial charge is 0.322 e. The predicted molar refractivity (Wildman–Crippen MR) is 110 cm³/mol. The SMILES string of the molecule is Cc1ccc(-n2ccn(-c3ccc4c(c3)CN(C3CCC(=O)NC3=O)C4=O)c2=O)cn1. The van der Waals surface area contributed by atoms with Gasteiger partial charge in [-0.2, -0.15) is 0 Å². The van der Waals surface area contributed by atoms with Gasteiger partial charge in [0.05, 0.1) is 17.6 Å². The molecule has 1 unspecified atom stereocenters. The van der Waals surface area contributed by atoms with Crippen molar-refractivity contribution < 1.29 is 14.4 Å². The molecular weight excluding hydrogens is 398 g/mol. The first-order valence-electron chi connectivity index (χ1n) is 9.93. The van der Waals surface area contributed by atoms with Crippen LogP contribution in [0, 0.1) is 6.92 Å². The molecule has 1 saturated heterocycles. The summed E-state index contributed by atoms with van der Waals surface area (Å²) in [4.78, 5) is 55.1. The van der Waals surface area contributed by atoms with E-state index < -0.39 is 11.9 Å². The van der Waals surface area contributed by atoms with Gasteiger partial charge in [0, 0.05) is 36.6 Å². The molecule has 0 saturated carbocycles. The van der Waals surface area contributed by atoms with Crippen molar-refractivity contribution in [2.24, 2.45) is 0 Å². The number of rotatable bonds is 3. The van der Waals surface area contributed by atoms with Gasteiger partial charge in [0.2, 0.25) is 11.8 Å². The number of pyridine rings is 1. The van der Waals surface area contributed by atoms with Gasteiger partial charge >= 0.3 is 5.69 Å². The quantitative estimate of drug-likeness (QED) is 0.642. The van der Waals surface area contributed by atoms with E-state index in [-0.39, 0.29) is 30.5 Å². The summed E-state index contributed by atoms with van der Waals surface area (Å²) in [5.41, 5.74) is 3.14. The highest BCUT2D eigenvalue weighted by atomic mass is 16.2. The zero-order valence-electron chi connectivity index (χ0n) is 16.7. The van der Waals surface area contributed by atoms with Crippen LogP contribution in [0.5, 0.6) is 0 Å². The van der Waals surface area contributed by atoms with Crippen LogP contribution in [-0.2, 0) is 16.1 Å². The Morgan fingerprint density at radius 2 is 1.74 bits per heavy atom. The van der Waals surface area contributed by atoms with Crippen molar-refractivity contribution in [3.63, 3.8) is 0 Å². The fraction of sp³-hybridized carbons (Fsp3) is 0.227. The number of nitrogens with one attached hydrogen (secondary N) is 1. The highest BCUT2D eigenvalue weighted by Crippen LogP contribution is 2.28. The number of carbonyl (C=O) groups is 3. The van der Waals surface area contributed by atoms with E-state index in [4.69, 9.17) is 0 Å². The van der Waals surface area contributed by atoms with Crippen LogP contribution in [0.1, 0.15) is 34.5 Å². The van der Waals surface area contributed by atoms with Crippen molar-refractivity contribution in [3.8, 4) is 11.4 Å². The van der Waals surface area contributed by atoms with E-state index in [9.17, 15) is 19.2 Å². The Hall–Kier alpha value is -4.01. The highest BCUT2D eigenvalue weighted by Gasteiger charge is 2.39. The van der Waals surface area contributed by atoms with Gasteiger partial charge in [-0.3, -0.25) is 33.8 Å². The molecule has 1 atom stereocenters. The maximum Gasteiger partial charge on any atom is 0.337 e. The topological polar surface area (TPSA) is 106 Å². The normalized spacial score (nSPS) is 18.3. The molecule has 2 aliphatic rings. The average Bonchev–Trinajstić information content (AvgIpc) is 3.28. The maximum absolute atomic E-state index is 12.9. The lowest BCUT2D eigenvalue weighted by Crippen LogP contribution is -2.52. The lowest BCUT2D eigenvalue weighted by Gasteiger charge is -2.29. The van der Waals surface area contributed by atoms with Gasteiger partial charge in [0.25, 0.3) is 5.91 Å². The fourth-order valence-electron chi connectivity index (χ4n) is 4.08. The summed E-state index contributed by atoms with van der Waals surface area (Å²) in [6.45, 7) is 2.13. The number of aromatic nitrogens is 3. The number of aryl methyl sites for hydroxylation is 1. The molecule has 31 heavy (non-hydrogen) atoms. The third-order valence-corrected chi connectivity index (χ3v) is 5.74. The van der Waals surface area contributed by atoms with E-state index in [2.05, 4.69) is 10.3 Å². The minimum Gasteiger partial charge on any atom is -0.322 e. The molecule has 0 radical (unpaired) electrons. The standard InChI is InChI=1S/C22H19N5O4/c1-13-2-3-16(11-23-13)26-9-8-25(22(26)31)15-4-5-17-14(10-15)12-27(21(17)30)18-6-7-19(28)24-20(18)29/h2-5,8-11,18H,6-7,12H2,1H3,(H,24,28,29). The molecule has 156 valence electrons. The second-order valence-corrected chi connectivity index (χ2v) is 7.72. The lowest BCUT2D eigenvalue weighted by atomic mass is 10.0. The minimum absolute atomic E-state index is 0.207. The van der Waals surface area contributed by atoms with Gasteiger partial charge in [-0.15, -0.1) is 0 Å². The number of imidazole rings is 1. The predicted octanol–water partition coefficient (Wildman–Crippen LogP) is 1.09. The molecule has 2 aliphatic heterocycles. The maximum atomic E-state index is 12.9. The average molecular weight is 417 g/mol. The first kappa shape index (κ1) is 19.0. The Labute approximate surface area is 176 Å². The lowest BCUT2D eigenvalue weighted by molar-refractivity contribution is -0.136. The molecule has 3 amide bonds. The Morgan fingerprint density at radius 1 is 1.00 bits per heavy atom. The number of hydrogen-bond acceptors (Lipinski definition) is 5. The van der Waals surface area contributed by atoms with Crippen LogP contribution in [0.3, 0.4) is 0 Å². The fourth-order valence-corrected chi connectivity index (χ4v) is 4.08. The first-order valence-corrected chi connectivity index (χ1v) is 9.93. The van der Waals surface area contributed by atoms with Crippen molar-refractivity contribution in [1.29, 1.82) is 0 Å². The molecule has 1 aromatic carbocycles. The summed E-state index contributed by atoms with van der Waals surface area (Å²) in [5.74, 6) is -1.01. The van der Waals surface area contributed by atoms with E-state index in [1.807, 2.05) is 19.1 Å². The van der Waals surface area contributed by atoms with Crippen molar-refractivity contribution in [3.05, 3.63) is 76.2 Å². The number of fused-ring (bicyclic) bond motifs is 1. The molecule has 3 aromatic rings. The van der Waals surface area contributed by atoms with Crippen molar-refractivity contribution in [2.45, 2.75) is 32.4 Å². The van der Waals surface area contributed by atoms with Gasteiger partial charge < -0.3 is 4.90 Å². The highest BCUT2D eigenvalue weighted by molar-refractivity contribution is 6.05. The van der Waals surface area contributed by atoms with Crippen LogP contribution in [0.2, 0.25) is 0 Å². The van der Waals surface area contributed by atoms with Crippen LogP contribution in [0.4, 0.5) is 0 Å². The van der Waals surface area contributed by atoms with E-state index >= 15 is 0 Å². The van der Waals surface area contributed by atoms with Crippen LogP contribution in [0.25, 0.3) is 11.4 Å². The molecule has 2 aromatic heterocycles. The van der Waals surface area contributed by atoms with Crippen LogP contribution in [0.15, 0.2) is 53.7 Å². The number of hydrogen-bond donors (Lipinski definition) is 1. The van der Waals surface area contributed by atoms with Gasteiger partial charge in [0.1, 0.15) is 6.04 Å². The molecule has 5 rings (SSSR count). The van der Waals surface area contributed by atoms with E-state index in [1.165, 1.54) is 14.0 Å². The van der Waals surface area contributed by atoms with Crippen molar-refractivity contribution >= 4 is 17.7 Å². The summed E-state index contributed by atoms with van der Waals surface area (Å²) in [5, 5.41) is 2.29.